The lowest BCUT2D eigenvalue weighted by Gasteiger charge is -2.27. The molecule has 1 atom stereocenters. The van der Waals surface area contributed by atoms with Gasteiger partial charge in [-0.1, -0.05) is 48.5 Å². The number of benzene rings is 2. The molecule has 1 N–H and O–H groups in total. The van der Waals surface area contributed by atoms with Gasteiger partial charge in [0.25, 0.3) is 5.91 Å². The highest BCUT2D eigenvalue weighted by Gasteiger charge is 2.23. The van der Waals surface area contributed by atoms with Crippen molar-refractivity contribution in [2.45, 2.75) is 12.5 Å². The van der Waals surface area contributed by atoms with E-state index in [2.05, 4.69) is 5.32 Å². The molecular weight excluding hydrogens is 344 g/mol. The van der Waals surface area contributed by atoms with Crippen molar-refractivity contribution in [2.75, 3.05) is 32.8 Å². The molecule has 142 valence electrons. The number of carbonyl (C=O) groups excluding carboxylic acids is 2. The Morgan fingerprint density at radius 3 is 2.30 bits per heavy atom. The summed E-state index contributed by atoms with van der Waals surface area (Å²) in [6.07, 6.45) is -0.509. The van der Waals surface area contributed by atoms with E-state index in [1.54, 1.807) is 4.90 Å². The molecule has 0 spiro atoms. The highest BCUT2D eigenvalue weighted by Crippen LogP contribution is 2.22. The van der Waals surface area contributed by atoms with E-state index in [-0.39, 0.29) is 24.8 Å². The van der Waals surface area contributed by atoms with Gasteiger partial charge in [0.1, 0.15) is 5.75 Å². The van der Waals surface area contributed by atoms with Crippen LogP contribution in [-0.2, 0) is 14.3 Å². The number of hydrogen-bond donors (Lipinski definition) is 1. The number of nitrogens with one attached hydrogen (secondary N) is 1. The lowest BCUT2D eigenvalue weighted by Crippen LogP contribution is -2.42. The molecule has 1 aliphatic heterocycles. The predicted molar refractivity (Wildman–Crippen MR) is 101 cm³/mol. The second kappa shape index (κ2) is 9.73. The molecule has 0 bridgehead atoms. The molecular formula is C21H24N2O4. The quantitative estimate of drug-likeness (QED) is 0.813. The number of morpholine rings is 1. The molecule has 1 aliphatic rings. The molecule has 1 saturated heterocycles. The molecule has 0 radical (unpaired) electrons. The van der Waals surface area contributed by atoms with Gasteiger partial charge in [-0.15, -0.1) is 0 Å². The molecule has 1 heterocycles. The molecule has 2 amide bonds. The minimum atomic E-state index is -0.771. The van der Waals surface area contributed by atoms with Crippen molar-refractivity contribution in [1.29, 1.82) is 0 Å². The lowest BCUT2D eigenvalue weighted by atomic mass is 10.1. The average molecular weight is 368 g/mol. The van der Waals surface area contributed by atoms with E-state index in [0.717, 1.165) is 5.56 Å². The van der Waals surface area contributed by atoms with E-state index < -0.39 is 6.10 Å². The second-order valence-corrected chi connectivity index (χ2v) is 6.26. The summed E-state index contributed by atoms with van der Waals surface area (Å²) in [6, 6.07) is 18.6. The molecule has 1 fully saturated rings. The topological polar surface area (TPSA) is 67.9 Å². The zero-order chi connectivity index (χ0) is 18.9. The van der Waals surface area contributed by atoms with Gasteiger partial charge in [0.15, 0.2) is 0 Å². The van der Waals surface area contributed by atoms with Crippen LogP contribution in [0, 0.1) is 0 Å². The maximum absolute atomic E-state index is 12.7. The summed E-state index contributed by atoms with van der Waals surface area (Å²) in [5.41, 5.74) is 0.762. The minimum Gasteiger partial charge on any atom is -0.476 e. The molecule has 6 heteroatoms. The van der Waals surface area contributed by atoms with E-state index in [4.69, 9.17) is 9.47 Å². The lowest BCUT2D eigenvalue weighted by molar-refractivity contribution is -0.135. The molecule has 0 aromatic heterocycles. The first-order valence-electron chi connectivity index (χ1n) is 9.14. The van der Waals surface area contributed by atoms with Crippen molar-refractivity contribution < 1.29 is 19.1 Å². The zero-order valence-electron chi connectivity index (χ0n) is 15.2. The Balaban J connectivity index is 1.58. The van der Waals surface area contributed by atoms with Gasteiger partial charge >= 0.3 is 0 Å². The maximum atomic E-state index is 12.7. The van der Waals surface area contributed by atoms with E-state index in [1.807, 2.05) is 60.7 Å². The number of rotatable bonds is 7. The first-order valence-corrected chi connectivity index (χ1v) is 9.14. The normalized spacial score (nSPS) is 15.0. The van der Waals surface area contributed by atoms with E-state index in [9.17, 15) is 9.59 Å². The smallest absolute Gasteiger partial charge is 0.265 e. The van der Waals surface area contributed by atoms with Crippen molar-refractivity contribution in [2.24, 2.45) is 0 Å². The van der Waals surface area contributed by atoms with Crippen LogP contribution in [0.15, 0.2) is 60.7 Å². The second-order valence-electron chi connectivity index (χ2n) is 6.26. The molecule has 6 nitrogen and oxygen atoms in total. The number of nitrogens with zero attached hydrogens (tertiary/aromatic N) is 1. The van der Waals surface area contributed by atoms with E-state index in [0.29, 0.717) is 32.1 Å². The number of carbonyl (C=O) groups is 2. The fourth-order valence-electron chi connectivity index (χ4n) is 2.89. The Hall–Kier alpha value is -2.86. The average Bonchev–Trinajstić information content (AvgIpc) is 2.74. The van der Waals surface area contributed by atoms with Crippen LogP contribution in [-0.4, -0.2) is 49.6 Å². The Morgan fingerprint density at radius 1 is 1.00 bits per heavy atom. The molecule has 27 heavy (non-hydrogen) atoms. The van der Waals surface area contributed by atoms with Crippen LogP contribution in [0.2, 0.25) is 0 Å². The Kier molecular flexibility index (Phi) is 6.82. The maximum Gasteiger partial charge on any atom is 0.265 e. The Morgan fingerprint density at radius 2 is 1.63 bits per heavy atom. The SMILES string of the molecule is O=C(NCCC(=O)N1CCOCC1)[C@@H](Oc1ccccc1)c1ccccc1. The van der Waals surface area contributed by atoms with Gasteiger partial charge in [-0.25, -0.2) is 0 Å². The third kappa shape index (κ3) is 5.56. The molecule has 0 aliphatic carbocycles. The summed E-state index contributed by atoms with van der Waals surface area (Å²) >= 11 is 0. The van der Waals surface area contributed by atoms with E-state index >= 15 is 0 Å². The van der Waals surface area contributed by atoms with Gasteiger partial charge in [-0.05, 0) is 12.1 Å². The van der Waals surface area contributed by atoms with Gasteiger partial charge < -0.3 is 19.7 Å². The summed E-state index contributed by atoms with van der Waals surface area (Å²) < 4.78 is 11.2. The summed E-state index contributed by atoms with van der Waals surface area (Å²) in [7, 11) is 0. The van der Waals surface area contributed by atoms with Gasteiger partial charge in [0.2, 0.25) is 12.0 Å². The highest BCUT2D eigenvalue weighted by molar-refractivity contribution is 5.83. The zero-order valence-corrected chi connectivity index (χ0v) is 15.2. The third-order valence-corrected chi connectivity index (χ3v) is 4.34. The van der Waals surface area contributed by atoms with E-state index in [1.165, 1.54) is 0 Å². The fourth-order valence-corrected chi connectivity index (χ4v) is 2.89. The van der Waals surface area contributed by atoms with Crippen LogP contribution in [0.5, 0.6) is 5.75 Å². The molecule has 3 rings (SSSR count). The summed E-state index contributed by atoms with van der Waals surface area (Å²) in [6.45, 7) is 2.63. The monoisotopic (exact) mass is 368 g/mol. The van der Waals surface area contributed by atoms with Crippen LogP contribution in [0.3, 0.4) is 0 Å². The van der Waals surface area contributed by atoms with Crippen LogP contribution in [0.4, 0.5) is 0 Å². The first-order chi connectivity index (χ1) is 13.2. The summed E-state index contributed by atoms with van der Waals surface area (Å²) in [5, 5.41) is 2.83. The largest absolute Gasteiger partial charge is 0.476 e. The van der Waals surface area contributed by atoms with Gasteiger partial charge in [0.05, 0.1) is 13.2 Å². The number of amides is 2. The Bertz CT molecular complexity index is 730. The predicted octanol–water partition coefficient (Wildman–Crippen LogP) is 2.17. The highest BCUT2D eigenvalue weighted by atomic mass is 16.5. The number of hydrogen-bond acceptors (Lipinski definition) is 4. The van der Waals surface area contributed by atoms with Crippen molar-refractivity contribution in [3.8, 4) is 5.75 Å². The van der Waals surface area contributed by atoms with Gasteiger partial charge in [-0.3, -0.25) is 9.59 Å². The van der Waals surface area contributed by atoms with Crippen molar-refractivity contribution in [3.05, 3.63) is 66.2 Å². The van der Waals surface area contributed by atoms with Crippen molar-refractivity contribution in [3.63, 3.8) is 0 Å². The molecule has 2 aromatic rings. The van der Waals surface area contributed by atoms with Crippen LogP contribution in [0.25, 0.3) is 0 Å². The van der Waals surface area contributed by atoms with Gasteiger partial charge in [-0.2, -0.15) is 0 Å². The number of para-hydroxylation sites is 1. The van der Waals surface area contributed by atoms with Crippen LogP contribution in [0.1, 0.15) is 18.1 Å². The third-order valence-electron chi connectivity index (χ3n) is 4.34. The molecule has 2 aromatic carbocycles. The fraction of sp³-hybridized carbons (Fsp3) is 0.333. The standard InChI is InChI=1S/C21H24N2O4/c24-19(23-13-15-26-16-14-23)11-12-22-21(25)20(17-7-3-1-4-8-17)27-18-9-5-2-6-10-18/h1-10,20H,11-16H2,(H,22,25)/t20-/m0/s1. The number of ether oxygens (including phenoxy) is 2. The summed E-state index contributed by atoms with van der Waals surface area (Å²) in [5.74, 6) is 0.379. The van der Waals surface area contributed by atoms with Crippen molar-refractivity contribution >= 4 is 11.8 Å². The van der Waals surface area contributed by atoms with Crippen LogP contribution >= 0.6 is 0 Å². The Labute approximate surface area is 159 Å². The van der Waals surface area contributed by atoms with Gasteiger partial charge in [0, 0.05) is 31.6 Å². The summed E-state index contributed by atoms with van der Waals surface area (Å²) in [4.78, 5) is 26.7. The minimum absolute atomic E-state index is 0.0267. The molecule has 0 saturated carbocycles. The first kappa shape index (κ1) is 18.9. The molecule has 0 unspecified atom stereocenters. The van der Waals surface area contributed by atoms with Crippen LogP contribution < -0.4 is 10.1 Å². The van der Waals surface area contributed by atoms with Crippen molar-refractivity contribution in [1.82, 2.24) is 10.2 Å².